The molecule has 0 saturated carbocycles. The third-order valence-corrected chi connectivity index (χ3v) is 8.34. The highest BCUT2D eigenvalue weighted by molar-refractivity contribution is 7.99. The van der Waals surface area contributed by atoms with Crippen LogP contribution in [0.25, 0.3) is 0 Å². The number of halogens is 6. The predicted molar refractivity (Wildman–Crippen MR) is 151 cm³/mol. The van der Waals surface area contributed by atoms with Gasteiger partial charge in [-0.05, 0) is 31.2 Å². The zero-order valence-corrected chi connectivity index (χ0v) is 23.9. The van der Waals surface area contributed by atoms with Crippen molar-refractivity contribution in [2.24, 2.45) is 0 Å². The molecule has 0 bridgehead atoms. The summed E-state index contributed by atoms with van der Waals surface area (Å²) in [5, 5.41) is 8.66. The van der Waals surface area contributed by atoms with Crippen molar-refractivity contribution in [2.45, 2.75) is 38.1 Å². The van der Waals surface area contributed by atoms with E-state index in [1.807, 2.05) is 11.8 Å². The first-order chi connectivity index (χ1) is 19.4. The summed E-state index contributed by atoms with van der Waals surface area (Å²) >= 11 is 7.84. The molecule has 2 aliphatic rings. The van der Waals surface area contributed by atoms with Gasteiger partial charge in [0.1, 0.15) is 0 Å². The second kappa shape index (κ2) is 13.6. The molecule has 2 aromatic carbocycles. The van der Waals surface area contributed by atoms with E-state index >= 15 is 0 Å². The lowest BCUT2D eigenvalue weighted by molar-refractivity contribution is -0.138. The first-order valence-corrected chi connectivity index (χ1v) is 14.7. The van der Waals surface area contributed by atoms with E-state index in [4.69, 9.17) is 11.6 Å². The summed E-state index contributed by atoms with van der Waals surface area (Å²) in [6, 6.07) is 6.47. The van der Waals surface area contributed by atoms with Crippen molar-refractivity contribution in [3.05, 3.63) is 58.1 Å². The largest absolute Gasteiger partial charge is 0.390 e. The van der Waals surface area contributed by atoms with Crippen molar-refractivity contribution in [3.63, 3.8) is 0 Å². The summed E-state index contributed by atoms with van der Waals surface area (Å²) in [6.45, 7) is 3.30. The van der Waals surface area contributed by atoms with Gasteiger partial charge in [-0.2, -0.15) is 24.9 Å². The molecule has 0 radical (unpaired) electrons. The number of hydrogen-bond donors (Lipinski definition) is 3. The summed E-state index contributed by atoms with van der Waals surface area (Å²) in [6.07, 6.45) is -5.14. The van der Waals surface area contributed by atoms with Gasteiger partial charge in [0.05, 0.1) is 29.4 Å². The van der Waals surface area contributed by atoms with Crippen molar-refractivity contribution < 1.29 is 31.5 Å². The molecular weight excluding hydrogens is 589 g/mol. The Labute approximate surface area is 244 Å². The van der Waals surface area contributed by atoms with Crippen molar-refractivity contribution in [2.75, 3.05) is 54.4 Å². The number of carbonyl (C=O) groups excluding carboxylic acids is 2. The lowest BCUT2D eigenvalue weighted by Gasteiger charge is -2.42. The quantitative estimate of drug-likeness (QED) is 0.374. The number of carbonyl (C=O) groups is 2. The molecule has 2 saturated heterocycles. The number of benzene rings is 2. The molecule has 2 fully saturated rings. The van der Waals surface area contributed by atoms with Crippen LogP contribution >= 0.6 is 23.4 Å². The van der Waals surface area contributed by atoms with Gasteiger partial charge in [0.15, 0.2) is 11.6 Å². The van der Waals surface area contributed by atoms with E-state index in [1.54, 1.807) is 22.7 Å². The zero-order chi connectivity index (χ0) is 29.7. The summed E-state index contributed by atoms with van der Waals surface area (Å²) < 4.78 is 67.9. The molecular formula is C27H31ClF5N5O2S. The second-order valence-electron chi connectivity index (χ2n) is 10.0. The van der Waals surface area contributed by atoms with Crippen molar-refractivity contribution in [1.82, 2.24) is 15.5 Å². The molecule has 0 spiro atoms. The van der Waals surface area contributed by atoms with Gasteiger partial charge in [-0.1, -0.05) is 17.7 Å². The lowest BCUT2D eigenvalue weighted by atomic mass is 10.1. The molecule has 0 unspecified atom stereocenters. The van der Waals surface area contributed by atoms with Crippen LogP contribution in [0, 0.1) is 11.6 Å². The fourth-order valence-electron chi connectivity index (χ4n) is 4.86. The van der Waals surface area contributed by atoms with Crippen molar-refractivity contribution in [1.29, 1.82) is 0 Å². The highest BCUT2D eigenvalue weighted by atomic mass is 35.5. The average Bonchev–Trinajstić information content (AvgIpc) is 2.93. The van der Waals surface area contributed by atoms with E-state index in [2.05, 4.69) is 16.0 Å². The van der Waals surface area contributed by atoms with Crippen LogP contribution in [0.15, 0.2) is 30.3 Å². The standard InChI is InChI=1S/C27H31ClF5N5O2S/c1-16-14-37(8-6-27(31,32)33)9-10-38(16)22-12-18(28)3-5-20(22)36-25(39)19-4-2-17(23(29)24(19)30)13-35-26(40)21-15-41-11-7-34-21/h2-5,12,16,21,34H,6-11,13-15H2,1H3,(H,35,40)(H,36,39)/t16-,21+/m1/s1. The first-order valence-electron chi connectivity index (χ1n) is 13.2. The lowest BCUT2D eigenvalue weighted by Crippen LogP contribution is -2.52. The minimum atomic E-state index is -4.24. The van der Waals surface area contributed by atoms with Crippen LogP contribution < -0.4 is 20.9 Å². The molecule has 224 valence electrons. The van der Waals surface area contributed by atoms with E-state index in [1.165, 1.54) is 18.2 Å². The number of thioether (sulfide) groups is 1. The molecule has 14 heteroatoms. The topological polar surface area (TPSA) is 76.7 Å². The van der Waals surface area contributed by atoms with Gasteiger partial charge in [-0.3, -0.25) is 14.5 Å². The summed E-state index contributed by atoms with van der Waals surface area (Å²) in [4.78, 5) is 29.0. The molecule has 41 heavy (non-hydrogen) atoms. The van der Waals surface area contributed by atoms with Crippen LogP contribution in [-0.2, 0) is 11.3 Å². The first kappa shape index (κ1) is 31.3. The monoisotopic (exact) mass is 619 g/mol. The fraction of sp³-hybridized carbons (Fsp3) is 0.481. The van der Waals surface area contributed by atoms with E-state index in [0.717, 1.165) is 11.8 Å². The maximum absolute atomic E-state index is 15.0. The molecule has 2 atom stereocenters. The molecule has 2 heterocycles. The molecule has 3 N–H and O–H groups in total. The molecule has 2 aliphatic heterocycles. The maximum Gasteiger partial charge on any atom is 0.390 e. The third-order valence-electron chi connectivity index (χ3n) is 7.04. The fourth-order valence-corrected chi connectivity index (χ4v) is 5.96. The Morgan fingerprint density at radius 2 is 1.93 bits per heavy atom. The number of nitrogens with one attached hydrogen (secondary N) is 3. The number of rotatable bonds is 8. The van der Waals surface area contributed by atoms with Crippen molar-refractivity contribution in [3.8, 4) is 0 Å². The molecule has 2 amide bonds. The number of amides is 2. The Hall–Kier alpha value is -2.61. The Morgan fingerprint density at radius 1 is 1.15 bits per heavy atom. The van der Waals surface area contributed by atoms with Crippen LogP contribution in [0.3, 0.4) is 0 Å². The number of alkyl halides is 3. The number of nitrogens with zero attached hydrogens (tertiary/aromatic N) is 2. The Bertz CT molecular complexity index is 1260. The van der Waals surface area contributed by atoms with Crippen LogP contribution in [0.5, 0.6) is 0 Å². The number of hydrogen-bond acceptors (Lipinski definition) is 6. The molecule has 0 aromatic heterocycles. The highest BCUT2D eigenvalue weighted by Crippen LogP contribution is 2.33. The van der Waals surface area contributed by atoms with Crippen LogP contribution in [-0.4, -0.2) is 79.2 Å². The van der Waals surface area contributed by atoms with Gasteiger partial charge in [-0.15, -0.1) is 0 Å². The Kier molecular flexibility index (Phi) is 10.4. The maximum atomic E-state index is 15.0. The van der Waals surface area contributed by atoms with Gasteiger partial charge < -0.3 is 20.9 Å². The minimum Gasteiger partial charge on any atom is -0.365 e. The Balaban J connectivity index is 1.43. The molecule has 2 aromatic rings. The van der Waals surface area contributed by atoms with E-state index < -0.39 is 41.7 Å². The summed E-state index contributed by atoms with van der Waals surface area (Å²) in [5.41, 5.74) is 0.196. The van der Waals surface area contributed by atoms with Crippen LogP contribution in [0.2, 0.25) is 5.02 Å². The average molecular weight is 620 g/mol. The van der Waals surface area contributed by atoms with E-state index in [0.29, 0.717) is 48.3 Å². The van der Waals surface area contributed by atoms with Crippen LogP contribution in [0.4, 0.5) is 33.3 Å². The zero-order valence-electron chi connectivity index (χ0n) is 22.3. The smallest absolute Gasteiger partial charge is 0.365 e. The minimum absolute atomic E-state index is 0.0970. The van der Waals surface area contributed by atoms with Gasteiger partial charge in [0, 0.05) is 67.4 Å². The number of anilines is 2. The predicted octanol–water partition coefficient (Wildman–Crippen LogP) is 4.65. The van der Waals surface area contributed by atoms with E-state index in [9.17, 15) is 31.5 Å². The molecule has 7 nitrogen and oxygen atoms in total. The molecule has 4 rings (SSSR count). The third kappa shape index (κ3) is 8.24. The van der Waals surface area contributed by atoms with Gasteiger partial charge in [-0.25, -0.2) is 8.78 Å². The second-order valence-corrected chi connectivity index (χ2v) is 11.6. The van der Waals surface area contributed by atoms with Crippen LogP contribution in [0.1, 0.15) is 29.3 Å². The Morgan fingerprint density at radius 3 is 2.61 bits per heavy atom. The normalized spacial score (nSPS) is 20.1. The SMILES string of the molecule is C[C@@H]1CN(CCC(F)(F)F)CCN1c1cc(Cl)ccc1NC(=O)c1ccc(CNC(=O)[C@@H]2CSCCN2)c(F)c1F. The highest BCUT2D eigenvalue weighted by Gasteiger charge is 2.31. The van der Waals surface area contributed by atoms with Crippen molar-refractivity contribution >= 4 is 46.6 Å². The number of piperazine rings is 1. The summed E-state index contributed by atoms with van der Waals surface area (Å²) in [5.74, 6) is -2.30. The summed E-state index contributed by atoms with van der Waals surface area (Å²) in [7, 11) is 0. The van der Waals surface area contributed by atoms with Gasteiger partial charge in [0.2, 0.25) is 5.91 Å². The van der Waals surface area contributed by atoms with Gasteiger partial charge >= 0.3 is 6.18 Å². The molecule has 0 aliphatic carbocycles. The van der Waals surface area contributed by atoms with Gasteiger partial charge in [0.25, 0.3) is 5.91 Å². The van der Waals surface area contributed by atoms with E-state index in [-0.39, 0.29) is 30.6 Å².